The van der Waals surface area contributed by atoms with E-state index >= 15 is 0 Å². The van der Waals surface area contributed by atoms with Gasteiger partial charge in [-0.25, -0.2) is 4.98 Å². The zero-order valence-corrected chi connectivity index (χ0v) is 15.9. The first-order valence-electron chi connectivity index (χ1n) is 9.52. The molecule has 0 amide bonds. The highest BCUT2D eigenvalue weighted by Crippen LogP contribution is 2.36. The Balaban J connectivity index is 1.54. The van der Waals surface area contributed by atoms with E-state index in [1.807, 2.05) is 25.1 Å². The molecule has 1 aromatic heterocycles. The normalized spacial score (nSPS) is 20.1. The molecular formula is C21H25N3O3. The molecule has 1 saturated heterocycles. The first-order chi connectivity index (χ1) is 13.1. The second-order valence-electron chi connectivity index (χ2n) is 7.09. The van der Waals surface area contributed by atoms with Crippen LogP contribution < -0.4 is 14.4 Å². The van der Waals surface area contributed by atoms with E-state index < -0.39 is 5.92 Å². The molecule has 0 radical (unpaired) electrons. The number of hydrogen-bond donors (Lipinski definition) is 0. The number of pyridine rings is 1. The van der Waals surface area contributed by atoms with Crippen molar-refractivity contribution in [3.05, 3.63) is 47.7 Å². The van der Waals surface area contributed by atoms with Gasteiger partial charge in [-0.15, -0.1) is 0 Å². The molecule has 6 nitrogen and oxygen atoms in total. The number of nitrogens with zero attached hydrogens (tertiary/aromatic N) is 3. The first kappa shape index (κ1) is 17.8. The fourth-order valence-corrected chi connectivity index (χ4v) is 3.63. The summed E-state index contributed by atoms with van der Waals surface area (Å²) in [6.45, 7) is 6.52. The molecule has 4 rings (SSSR count). The maximum atomic E-state index is 12.6. The monoisotopic (exact) mass is 367 g/mol. The van der Waals surface area contributed by atoms with Gasteiger partial charge >= 0.3 is 5.97 Å². The van der Waals surface area contributed by atoms with Gasteiger partial charge in [0.2, 0.25) is 5.88 Å². The van der Waals surface area contributed by atoms with Crippen LogP contribution in [0.3, 0.4) is 0 Å². The largest absolute Gasteiger partial charge is 0.478 e. The highest BCUT2D eigenvalue weighted by atomic mass is 16.5. The Bertz CT molecular complexity index is 831. The Labute approximate surface area is 159 Å². The molecule has 27 heavy (non-hydrogen) atoms. The molecular weight excluding hydrogens is 342 g/mol. The van der Waals surface area contributed by atoms with Crippen LogP contribution in [0, 0.1) is 0 Å². The zero-order valence-electron chi connectivity index (χ0n) is 15.9. The molecule has 1 fully saturated rings. The van der Waals surface area contributed by atoms with Crippen LogP contribution >= 0.6 is 0 Å². The smallest absolute Gasteiger partial charge is 0.320 e. The highest BCUT2D eigenvalue weighted by molar-refractivity contribution is 5.83. The number of carbonyl (C=O) groups excluding carboxylic acids is 1. The zero-order chi connectivity index (χ0) is 18.8. The summed E-state index contributed by atoms with van der Waals surface area (Å²) in [6, 6.07) is 11.7. The number of anilines is 1. The highest BCUT2D eigenvalue weighted by Gasteiger charge is 2.31. The van der Waals surface area contributed by atoms with Crippen molar-refractivity contribution < 1.29 is 14.3 Å². The average molecular weight is 367 g/mol. The van der Waals surface area contributed by atoms with Gasteiger partial charge in [0.05, 0.1) is 12.3 Å². The molecule has 2 aromatic rings. The van der Waals surface area contributed by atoms with Gasteiger partial charge in [0.1, 0.15) is 11.7 Å². The van der Waals surface area contributed by atoms with E-state index in [4.69, 9.17) is 9.47 Å². The van der Waals surface area contributed by atoms with Gasteiger partial charge in [-0.1, -0.05) is 12.1 Å². The number of esters is 1. The maximum Gasteiger partial charge on any atom is 0.320 e. The lowest BCUT2D eigenvalue weighted by Gasteiger charge is -2.34. The summed E-state index contributed by atoms with van der Waals surface area (Å²) in [5, 5.41) is 0. The summed E-state index contributed by atoms with van der Waals surface area (Å²) < 4.78 is 11.2. The van der Waals surface area contributed by atoms with E-state index in [-0.39, 0.29) is 5.97 Å². The molecule has 0 N–H and O–H groups in total. The van der Waals surface area contributed by atoms with Crippen molar-refractivity contribution in [1.29, 1.82) is 0 Å². The van der Waals surface area contributed by atoms with Gasteiger partial charge in [0.25, 0.3) is 0 Å². The van der Waals surface area contributed by atoms with Gasteiger partial charge in [0, 0.05) is 44.0 Å². The second-order valence-corrected chi connectivity index (χ2v) is 7.09. The van der Waals surface area contributed by atoms with E-state index in [1.54, 1.807) is 6.07 Å². The van der Waals surface area contributed by atoms with Crippen molar-refractivity contribution in [2.24, 2.45) is 0 Å². The van der Waals surface area contributed by atoms with Crippen molar-refractivity contribution in [3.63, 3.8) is 0 Å². The van der Waals surface area contributed by atoms with Crippen LogP contribution in [0.4, 0.5) is 5.69 Å². The van der Waals surface area contributed by atoms with Crippen LogP contribution in [0.2, 0.25) is 0 Å². The number of likely N-dealkylation sites (N-methyl/N-ethyl adjacent to an activating group) is 1. The quantitative estimate of drug-likeness (QED) is 0.611. The van der Waals surface area contributed by atoms with Gasteiger partial charge in [-0.05, 0) is 38.1 Å². The number of rotatable bonds is 4. The third-order valence-electron chi connectivity index (χ3n) is 5.23. The first-order valence-corrected chi connectivity index (χ1v) is 9.52. The fourth-order valence-electron chi connectivity index (χ4n) is 3.63. The van der Waals surface area contributed by atoms with Crippen molar-refractivity contribution >= 4 is 11.7 Å². The van der Waals surface area contributed by atoms with Crippen LogP contribution in [0.25, 0.3) is 0 Å². The third-order valence-corrected chi connectivity index (χ3v) is 5.23. The van der Waals surface area contributed by atoms with Crippen molar-refractivity contribution in [2.75, 3.05) is 44.7 Å². The summed E-state index contributed by atoms with van der Waals surface area (Å²) in [4.78, 5) is 21.8. The molecule has 2 aliphatic heterocycles. The van der Waals surface area contributed by atoms with Crippen molar-refractivity contribution in [2.45, 2.75) is 19.3 Å². The number of ether oxygens (including phenoxy) is 2. The van der Waals surface area contributed by atoms with Gasteiger partial charge in [-0.3, -0.25) is 4.79 Å². The summed E-state index contributed by atoms with van der Waals surface area (Å²) in [5.74, 6) is 0.569. The third kappa shape index (κ3) is 3.76. The molecule has 0 aliphatic carbocycles. The van der Waals surface area contributed by atoms with E-state index in [2.05, 4.69) is 34.0 Å². The predicted molar refractivity (Wildman–Crippen MR) is 104 cm³/mol. The number of carbonyl (C=O) groups is 1. The summed E-state index contributed by atoms with van der Waals surface area (Å²) in [6.07, 6.45) is 0.597. The van der Waals surface area contributed by atoms with Crippen LogP contribution in [0.5, 0.6) is 11.6 Å². The minimum atomic E-state index is -0.396. The lowest BCUT2D eigenvalue weighted by Crippen LogP contribution is -2.44. The molecule has 2 aliphatic rings. The summed E-state index contributed by atoms with van der Waals surface area (Å²) in [5.41, 5.74) is 2.85. The molecule has 0 bridgehead atoms. The lowest BCUT2D eigenvalue weighted by molar-refractivity contribution is -0.137. The van der Waals surface area contributed by atoms with Gasteiger partial charge < -0.3 is 19.3 Å². The number of piperazine rings is 1. The Hall–Kier alpha value is -2.60. The van der Waals surface area contributed by atoms with Crippen LogP contribution in [0.1, 0.15) is 24.1 Å². The van der Waals surface area contributed by atoms with Gasteiger partial charge in [0.15, 0.2) is 0 Å². The molecule has 1 atom stereocenters. The summed E-state index contributed by atoms with van der Waals surface area (Å²) in [7, 11) is 2.14. The van der Waals surface area contributed by atoms with Crippen LogP contribution in [-0.2, 0) is 11.2 Å². The van der Waals surface area contributed by atoms with Gasteiger partial charge in [-0.2, -0.15) is 0 Å². The number of benzene rings is 1. The summed E-state index contributed by atoms with van der Waals surface area (Å²) >= 11 is 0. The lowest BCUT2D eigenvalue weighted by atomic mass is 9.92. The van der Waals surface area contributed by atoms with Crippen LogP contribution in [0.15, 0.2) is 36.4 Å². The minimum absolute atomic E-state index is 0.251. The Kier molecular flexibility index (Phi) is 4.99. The Morgan fingerprint density at radius 1 is 1.19 bits per heavy atom. The molecule has 1 aromatic carbocycles. The predicted octanol–water partition coefficient (Wildman–Crippen LogP) is 2.48. The second kappa shape index (κ2) is 7.56. The van der Waals surface area contributed by atoms with Crippen molar-refractivity contribution in [3.8, 4) is 11.6 Å². The molecule has 0 spiro atoms. The fraction of sp³-hybridized carbons (Fsp3) is 0.429. The minimum Gasteiger partial charge on any atom is -0.478 e. The maximum absolute atomic E-state index is 12.6. The topological polar surface area (TPSA) is 54.9 Å². The van der Waals surface area contributed by atoms with E-state index in [0.29, 0.717) is 30.4 Å². The number of hydrogen-bond acceptors (Lipinski definition) is 6. The number of aromatic nitrogens is 1. The molecule has 142 valence electrons. The van der Waals surface area contributed by atoms with Crippen molar-refractivity contribution in [1.82, 2.24) is 9.88 Å². The van der Waals surface area contributed by atoms with E-state index in [1.165, 1.54) is 0 Å². The molecule has 3 heterocycles. The van der Waals surface area contributed by atoms with Crippen LogP contribution in [-0.4, -0.2) is 55.7 Å². The van der Waals surface area contributed by atoms with E-state index in [0.717, 1.165) is 37.4 Å². The molecule has 0 saturated carbocycles. The van der Waals surface area contributed by atoms with E-state index in [9.17, 15) is 4.79 Å². The number of fused-ring (bicyclic) bond motifs is 1. The molecule has 6 heteroatoms. The molecule has 1 unspecified atom stereocenters. The Morgan fingerprint density at radius 3 is 2.78 bits per heavy atom. The SMILES string of the molecule is CCOc1cccc(C2Cc3ccc(N4CCN(C)CC4)cc3OC2=O)n1. The average Bonchev–Trinajstić information content (AvgIpc) is 2.68. The Morgan fingerprint density at radius 2 is 2.00 bits per heavy atom. The standard InChI is InChI=1S/C21H25N3O3/c1-3-26-20-6-4-5-18(22-20)17-13-15-7-8-16(14-19(15)27-21(17)25)24-11-9-23(2)10-12-24/h4-8,14,17H,3,9-13H2,1-2H3.